The van der Waals surface area contributed by atoms with Gasteiger partial charge < -0.3 is 15.3 Å². The van der Waals surface area contributed by atoms with E-state index in [2.05, 4.69) is 5.32 Å². The number of carbonyl (C=O) groups is 2. The summed E-state index contributed by atoms with van der Waals surface area (Å²) in [5.74, 6) is -1.16. The molecule has 5 nitrogen and oxygen atoms in total. The Balaban J connectivity index is 2.66. The number of likely N-dealkylation sites (N-methyl/N-ethyl adjacent to an activating group) is 1. The monoisotopic (exact) mass is 304 g/mol. The lowest BCUT2D eigenvalue weighted by Gasteiger charge is -2.19. The highest BCUT2D eigenvalue weighted by atomic mass is 19.4. The van der Waals surface area contributed by atoms with Crippen molar-refractivity contribution in [1.29, 1.82) is 0 Å². The number of benzene rings is 1. The number of carboxylic acids is 1. The molecule has 8 heteroatoms. The molecule has 0 saturated heterocycles. The smallest absolute Gasteiger partial charge is 0.416 e. The first-order valence-corrected chi connectivity index (χ1v) is 6.14. The molecule has 116 valence electrons. The summed E-state index contributed by atoms with van der Waals surface area (Å²) in [6.45, 7) is 1.21. The number of amides is 2. The summed E-state index contributed by atoms with van der Waals surface area (Å²) in [6.07, 6.45) is -4.45. The minimum absolute atomic E-state index is 0.112. The first-order chi connectivity index (χ1) is 9.74. The number of urea groups is 1. The van der Waals surface area contributed by atoms with Gasteiger partial charge in [-0.3, -0.25) is 4.79 Å². The van der Waals surface area contributed by atoms with E-state index in [1.807, 2.05) is 0 Å². The van der Waals surface area contributed by atoms with Crippen LogP contribution in [0, 0.1) is 0 Å². The molecule has 21 heavy (non-hydrogen) atoms. The summed E-state index contributed by atoms with van der Waals surface area (Å²) in [4.78, 5) is 23.3. The van der Waals surface area contributed by atoms with Crippen molar-refractivity contribution in [1.82, 2.24) is 10.2 Å². The summed E-state index contributed by atoms with van der Waals surface area (Å²) < 4.78 is 37.6. The van der Waals surface area contributed by atoms with Gasteiger partial charge in [0.2, 0.25) is 0 Å². The number of hydrogen-bond acceptors (Lipinski definition) is 2. The highest BCUT2D eigenvalue weighted by molar-refractivity contribution is 5.80. The van der Waals surface area contributed by atoms with Crippen LogP contribution in [0.25, 0.3) is 0 Å². The fraction of sp³-hybridized carbons (Fsp3) is 0.385. The maximum atomic E-state index is 12.5. The summed E-state index contributed by atoms with van der Waals surface area (Å²) in [5.41, 5.74) is -0.517. The van der Waals surface area contributed by atoms with Crippen LogP contribution in [0.5, 0.6) is 0 Å². The molecular weight excluding hydrogens is 289 g/mol. The summed E-state index contributed by atoms with van der Waals surface area (Å²) in [6, 6.07) is 3.93. The van der Waals surface area contributed by atoms with Gasteiger partial charge in [0.1, 0.15) is 6.54 Å². The van der Waals surface area contributed by atoms with Crippen molar-refractivity contribution in [2.45, 2.75) is 19.6 Å². The van der Waals surface area contributed by atoms with Crippen molar-refractivity contribution in [3.63, 3.8) is 0 Å². The SMILES string of the molecule is CCN(CC(=O)O)C(=O)NCc1cccc(C(F)(F)F)c1. The highest BCUT2D eigenvalue weighted by Crippen LogP contribution is 2.29. The maximum absolute atomic E-state index is 12.5. The first kappa shape index (κ1) is 16.8. The van der Waals surface area contributed by atoms with Crippen molar-refractivity contribution in [2.75, 3.05) is 13.1 Å². The van der Waals surface area contributed by atoms with E-state index in [1.54, 1.807) is 6.92 Å². The number of carboxylic acid groups (broad SMARTS) is 1. The topological polar surface area (TPSA) is 69.6 Å². The molecule has 0 fully saturated rings. The third-order valence-electron chi connectivity index (χ3n) is 2.69. The molecule has 0 spiro atoms. The van der Waals surface area contributed by atoms with Gasteiger partial charge in [-0.25, -0.2) is 4.79 Å². The normalized spacial score (nSPS) is 11.0. The third-order valence-corrected chi connectivity index (χ3v) is 2.69. The van der Waals surface area contributed by atoms with E-state index in [4.69, 9.17) is 5.11 Å². The molecular formula is C13H15F3N2O3. The van der Waals surface area contributed by atoms with E-state index in [9.17, 15) is 22.8 Å². The number of alkyl halides is 3. The molecule has 0 saturated carbocycles. The fourth-order valence-electron chi connectivity index (χ4n) is 1.64. The molecule has 0 atom stereocenters. The van der Waals surface area contributed by atoms with E-state index in [0.717, 1.165) is 17.0 Å². The summed E-state index contributed by atoms with van der Waals surface area (Å²) >= 11 is 0. The Bertz CT molecular complexity index is 518. The first-order valence-electron chi connectivity index (χ1n) is 6.14. The quantitative estimate of drug-likeness (QED) is 0.877. The number of carbonyl (C=O) groups excluding carboxylic acids is 1. The minimum Gasteiger partial charge on any atom is -0.480 e. The second-order valence-electron chi connectivity index (χ2n) is 4.26. The van der Waals surface area contributed by atoms with Gasteiger partial charge in [-0.1, -0.05) is 12.1 Å². The molecule has 0 aliphatic rings. The Morgan fingerprint density at radius 3 is 2.52 bits per heavy atom. The number of aliphatic carboxylic acids is 1. The van der Waals surface area contributed by atoms with Crippen molar-refractivity contribution in [2.24, 2.45) is 0 Å². The minimum atomic E-state index is -4.45. The number of nitrogens with zero attached hydrogens (tertiary/aromatic N) is 1. The summed E-state index contributed by atoms with van der Waals surface area (Å²) in [5, 5.41) is 11.0. The van der Waals surface area contributed by atoms with Crippen molar-refractivity contribution >= 4 is 12.0 Å². The predicted molar refractivity (Wildman–Crippen MR) is 68.6 cm³/mol. The largest absolute Gasteiger partial charge is 0.480 e. The van der Waals surface area contributed by atoms with Gasteiger partial charge in [0, 0.05) is 13.1 Å². The van der Waals surface area contributed by atoms with Crippen LogP contribution in [0.2, 0.25) is 0 Å². The van der Waals surface area contributed by atoms with Gasteiger partial charge in [-0.2, -0.15) is 13.2 Å². The van der Waals surface area contributed by atoms with Crippen LogP contribution in [0.1, 0.15) is 18.1 Å². The Morgan fingerprint density at radius 1 is 1.33 bits per heavy atom. The molecule has 0 aliphatic heterocycles. The zero-order chi connectivity index (χ0) is 16.0. The Kier molecular flexibility index (Phi) is 5.57. The zero-order valence-corrected chi connectivity index (χ0v) is 11.3. The van der Waals surface area contributed by atoms with E-state index >= 15 is 0 Å². The number of rotatable bonds is 5. The molecule has 0 bridgehead atoms. The summed E-state index contributed by atoms with van der Waals surface area (Å²) in [7, 11) is 0. The van der Waals surface area contributed by atoms with Crippen LogP contribution in [0.4, 0.5) is 18.0 Å². The van der Waals surface area contributed by atoms with Crippen molar-refractivity contribution in [3.8, 4) is 0 Å². The third kappa shape index (κ3) is 5.33. The van der Waals surface area contributed by atoms with E-state index < -0.39 is 30.3 Å². The molecule has 1 aromatic carbocycles. The van der Waals surface area contributed by atoms with Crippen molar-refractivity contribution in [3.05, 3.63) is 35.4 Å². The van der Waals surface area contributed by atoms with Crippen LogP contribution >= 0.6 is 0 Å². The number of halogens is 3. The Hall–Kier alpha value is -2.25. The molecule has 2 amide bonds. The van der Waals surface area contributed by atoms with Crippen LogP contribution in [0.3, 0.4) is 0 Å². The van der Waals surface area contributed by atoms with Crippen LogP contribution in [0.15, 0.2) is 24.3 Å². The number of nitrogens with one attached hydrogen (secondary N) is 1. The van der Waals surface area contributed by atoms with Crippen molar-refractivity contribution < 1.29 is 27.9 Å². The van der Waals surface area contributed by atoms with Gasteiger partial charge in [-0.05, 0) is 24.6 Å². The molecule has 0 aliphatic carbocycles. The number of hydrogen-bond donors (Lipinski definition) is 2. The lowest BCUT2D eigenvalue weighted by molar-refractivity contribution is -0.138. The molecule has 1 rings (SSSR count). The highest BCUT2D eigenvalue weighted by Gasteiger charge is 2.30. The van der Waals surface area contributed by atoms with Gasteiger partial charge in [-0.15, -0.1) is 0 Å². The van der Waals surface area contributed by atoms with E-state index in [1.165, 1.54) is 12.1 Å². The lowest BCUT2D eigenvalue weighted by atomic mass is 10.1. The van der Waals surface area contributed by atoms with Crippen LogP contribution in [-0.4, -0.2) is 35.1 Å². The van der Waals surface area contributed by atoms with Crippen LogP contribution < -0.4 is 5.32 Å². The second-order valence-corrected chi connectivity index (χ2v) is 4.26. The average molecular weight is 304 g/mol. The molecule has 0 unspecified atom stereocenters. The van der Waals surface area contributed by atoms with E-state index in [-0.39, 0.29) is 18.7 Å². The predicted octanol–water partition coefficient (Wildman–Crippen LogP) is 2.32. The molecule has 2 N–H and O–H groups in total. The standard InChI is InChI=1S/C13H15F3N2O3/c1-2-18(8-11(19)20)12(21)17-7-9-4-3-5-10(6-9)13(14,15)16/h3-6H,2,7-8H2,1H3,(H,17,21)(H,19,20). The molecule has 0 heterocycles. The second kappa shape index (κ2) is 6.96. The zero-order valence-electron chi connectivity index (χ0n) is 11.3. The maximum Gasteiger partial charge on any atom is 0.416 e. The van der Waals surface area contributed by atoms with Gasteiger partial charge >= 0.3 is 18.2 Å². The molecule has 0 aromatic heterocycles. The molecule has 1 aromatic rings. The average Bonchev–Trinajstić information content (AvgIpc) is 2.41. The molecule has 0 radical (unpaired) electrons. The van der Waals surface area contributed by atoms with E-state index in [0.29, 0.717) is 0 Å². The fourth-order valence-corrected chi connectivity index (χ4v) is 1.64. The van der Waals surface area contributed by atoms with Gasteiger partial charge in [0.25, 0.3) is 0 Å². The van der Waals surface area contributed by atoms with Crippen LogP contribution in [-0.2, 0) is 17.5 Å². The Labute approximate surface area is 119 Å². The Morgan fingerprint density at radius 2 is 2.00 bits per heavy atom. The van der Waals surface area contributed by atoms with Gasteiger partial charge in [0.05, 0.1) is 5.56 Å². The van der Waals surface area contributed by atoms with Gasteiger partial charge in [0.15, 0.2) is 0 Å². The lowest BCUT2D eigenvalue weighted by Crippen LogP contribution is -2.42.